The van der Waals surface area contributed by atoms with Gasteiger partial charge in [-0.05, 0) is 12.1 Å². The van der Waals surface area contributed by atoms with Crippen LogP contribution in [-0.2, 0) is 0 Å². The molecule has 0 radical (unpaired) electrons. The van der Waals surface area contributed by atoms with Gasteiger partial charge in [0, 0.05) is 0 Å². The normalized spacial score (nSPS) is 10.9. The molecule has 0 spiro atoms. The first kappa shape index (κ1) is 7.49. The molecular formula is C7H2ClF2NO. The number of aromatic nitrogens is 1. The van der Waals surface area contributed by atoms with E-state index in [4.69, 9.17) is 11.6 Å². The molecule has 0 atom stereocenters. The molecule has 0 unspecified atom stereocenters. The first-order valence-corrected chi connectivity index (χ1v) is 3.47. The zero-order chi connectivity index (χ0) is 8.72. The lowest BCUT2D eigenvalue weighted by molar-refractivity contribution is 0.427. The summed E-state index contributed by atoms with van der Waals surface area (Å²) in [6.45, 7) is 0. The van der Waals surface area contributed by atoms with Gasteiger partial charge >= 0.3 is 0 Å². The van der Waals surface area contributed by atoms with Gasteiger partial charge in [-0.25, -0.2) is 4.39 Å². The van der Waals surface area contributed by atoms with Crippen LogP contribution < -0.4 is 0 Å². The van der Waals surface area contributed by atoms with Gasteiger partial charge in [-0.3, -0.25) is 0 Å². The predicted octanol–water partition coefficient (Wildman–Crippen LogP) is 2.76. The number of fused-ring (bicyclic) bond motifs is 1. The molecule has 0 aliphatic heterocycles. The van der Waals surface area contributed by atoms with Gasteiger partial charge in [0.1, 0.15) is 0 Å². The van der Waals surface area contributed by atoms with E-state index in [-0.39, 0.29) is 16.1 Å². The molecule has 0 saturated carbocycles. The molecule has 1 aromatic heterocycles. The Labute approximate surface area is 70.7 Å². The molecular weight excluding hydrogens is 188 g/mol. The smallest absolute Gasteiger partial charge is 0.207 e. The van der Waals surface area contributed by atoms with E-state index < -0.39 is 11.6 Å². The van der Waals surface area contributed by atoms with Crippen LogP contribution in [-0.4, -0.2) is 5.16 Å². The van der Waals surface area contributed by atoms with Gasteiger partial charge in [-0.15, -0.1) is 0 Å². The van der Waals surface area contributed by atoms with Crippen LogP contribution >= 0.6 is 11.6 Å². The van der Waals surface area contributed by atoms with E-state index in [9.17, 15) is 8.78 Å². The van der Waals surface area contributed by atoms with Gasteiger partial charge in [0.25, 0.3) is 0 Å². The lowest BCUT2D eigenvalue weighted by Crippen LogP contribution is -1.81. The van der Waals surface area contributed by atoms with Crippen LogP contribution in [0.4, 0.5) is 8.78 Å². The average Bonchev–Trinajstić information content (AvgIpc) is 2.41. The van der Waals surface area contributed by atoms with Crippen LogP contribution in [0.3, 0.4) is 0 Å². The lowest BCUT2D eigenvalue weighted by atomic mass is 10.2. The van der Waals surface area contributed by atoms with Gasteiger partial charge in [0.15, 0.2) is 11.0 Å². The molecule has 0 bridgehead atoms. The zero-order valence-corrected chi connectivity index (χ0v) is 6.40. The van der Waals surface area contributed by atoms with Crippen LogP contribution in [0, 0.1) is 11.6 Å². The highest BCUT2D eigenvalue weighted by molar-refractivity contribution is 6.34. The fraction of sp³-hybridized carbons (Fsp3) is 0. The molecule has 0 amide bonds. The molecule has 0 aliphatic carbocycles. The van der Waals surface area contributed by atoms with E-state index in [0.717, 1.165) is 6.07 Å². The topological polar surface area (TPSA) is 26.0 Å². The molecule has 12 heavy (non-hydrogen) atoms. The van der Waals surface area contributed by atoms with E-state index >= 15 is 0 Å². The first-order valence-electron chi connectivity index (χ1n) is 3.09. The third-order valence-electron chi connectivity index (χ3n) is 1.49. The molecule has 5 heteroatoms. The number of rotatable bonds is 0. The summed E-state index contributed by atoms with van der Waals surface area (Å²) in [5.41, 5.74) is -0.250. The largest absolute Gasteiger partial charge is 0.351 e. The maximum Gasteiger partial charge on any atom is 0.207 e. The second-order valence-corrected chi connectivity index (χ2v) is 2.57. The summed E-state index contributed by atoms with van der Waals surface area (Å²) in [6, 6.07) is 2.29. The average molecular weight is 190 g/mol. The van der Waals surface area contributed by atoms with Gasteiger partial charge in [-0.1, -0.05) is 16.8 Å². The van der Waals surface area contributed by atoms with Gasteiger partial charge in [0.2, 0.25) is 11.4 Å². The fourth-order valence-corrected chi connectivity index (χ4v) is 1.10. The van der Waals surface area contributed by atoms with Crippen molar-refractivity contribution in [1.29, 1.82) is 0 Å². The summed E-state index contributed by atoms with van der Waals surface area (Å²) >= 11 is 5.50. The van der Waals surface area contributed by atoms with Crippen molar-refractivity contribution >= 4 is 22.6 Å². The van der Waals surface area contributed by atoms with Crippen molar-refractivity contribution in [3.8, 4) is 0 Å². The standard InChI is InChI=1S/C7H2ClF2NO/c8-7-3-1-2-4(9)5(10)6(3)12-11-7/h1-2H. The third kappa shape index (κ3) is 0.881. The van der Waals surface area contributed by atoms with Gasteiger partial charge in [0.05, 0.1) is 5.39 Å². The second-order valence-electron chi connectivity index (χ2n) is 2.21. The summed E-state index contributed by atoms with van der Waals surface area (Å²) in [4.78, 5) is 0. The maximum atomic E-state index is 12.8. The molecule has 2 aromatic rings. The van der Waals surface area contributed by atoms with Crippen molar-refractivity contribution in [3.63, 3.8) is 0 Å². The van der Waals surface area contributed by atoms with E-state index in [0.29, 0.717) is 0 Å². The van der Waals surface area contributed by atoms with Crippen LogP contribution in [0.25, 0.3) is 11.0 Å². The summed E-state index contributed by atoms with van der Waals surface area (Å²) in [7, 11) is 0. The zero-order valence-electron chi connectivity index (χ0n) is 5.64. The molecule has 0 N–H and O–H groups in total. The molecule has 1 heterocycles. The Kier molecular flexibility index (Phi) is 1.51. The van der Waals surface area contributed by atoms with Crippen LogP contribution in [0.5, 0.6) is 0 Å². The summed E-state index contributed by atoms with van der Waals surface area (Å²) in [6.07, 6.45) is 0. The minimum atomic E-state index is -1.06. The highest BCUT2D eigenvalue weighted by Crippen LogP contribution is 2.25. The number of nitrogens with zero attached hydrogens (tertiary/aromatic N) is 1. The Morgan fingerprint density at radius 1 is 1.33 bits per heavy atom. The van der Waals surface area contributed by atoms with E-state index in [1.165, 1.54) is 6.07 Å². The minimum absolute atomic E-state index is 0.0314. The molecule has 0 aliphatic rings. The molecule has 0 fully saturated rings. The van der Waals surface area contributed by atoms with Crippen molar-refractivity contribution < 1.29 is 13.3 Å². The lowest BCUT2D eigenvalue weighted by Gasteiger charge is -1.90. The van der Waals surface area contributed by atoms with Gasteiger partial charge < -0.3 is 4.52 Å². The Morgan fingerprint density at radius 2 is 2.08 bits per heavy atom. The van der Waals surface area contributed by atoms with Crippen molar-refractivity contribution in [1.82, 2.24) is 5.16 Å². The van der Waals surface area contributed by atoms with E-state index in [1.54, 1.807) is 0 Å². The Morgan fingerprint density at radius 3 is 2.83 bits per heavy atom. The Balaban J connectivity index is 2.93. The summed E-state index contributed by atoms with van der Waals surface area (Å²) < 4.78 is 29.9. The SMILES string of the molecule is Fc1ccc2c(Cl)noc2c1F. The van der Waals surface area contributed by atoms with Crippen molar-refractivity contribution in [2.45, 2.75) is 0 Å². The van der Waals surface area contributed by atoms with Crippen LogP contribution in [0.15, 0.2) is 16.7 Å². The highest BCUT2D eigenvalue weighted by Gasteiger charge is 2.13. The number of hydrogen-bond donors (Lipinski definition) is 0. The summed E-state index contributed by atoms with van der Waals surface area (Å²) in [5.74, 6) is -2.04. The number of benzene rings is 1. The van der Waals surface area contributed by atoms with Crippen molar-refractivity contribution in [3.05, 3.63) is 28.9 Å². The molecule has 2 rings (SSSR count). The van der Waals surface area contributed by atoms with E-state index in [2.05, 4.69) is 9.68 Å². The molecule has 1 aromatic carbocycles. The minimum Gasteiger partial charge on any atom is -0.351 e. The van der Waals surface area contributed by atoms with Crippen molar-refractivity contribution in [2.24, 2.45) is 0 Å². The second kappa shape index (κ2) is 2.42. The maximum absolute atomic E-state index is 12.8. The number of hydrogen-bond acceptors (Lipinski definition) is 2. The Bertz CT molecular complexity index is 440. The van der Waals surface area contributed by atoms with Gasteiger partial charge in [-0.2, -0.15) is 4.39 Å². The van der Waals surface area contributed by atoms with E-state index in [1.807, 2.05) is 0 Å². The molecule has 62 valence electrons. The van der Waals surface area contributed by atoms with Crippen molar-refractivity contribution in [2.75, 3.05) is 0 Å². The Hall–Kier alpha value is -1.16. The predicted molar refractivity (Wildman–Crippen MR) is 38.9 cm³/mol. The highest BCUT2D eigenvalue weighted by atomic mass is 35.5. The van der Waals surface area contributed by atoms with Crippen LogP contribution in [0.1, 0.15) is 0 Å². The molecule has 0 saturated heterocycles. The molecule has 2 nitrogen and oxygen atoms in total. The first-order chi connectivity index (χ1) is 5.70. The number of halogens is 3. The van der Waals surface area contributed by atoms with Crippen LogP contribution in [0.2, 0.25) is 5.15 Å². The fourth-order valence-electron chi connectivity index (χ4n) is 0.919. The third-order valence-corrected chi connectivity index (χ3v) is 1.76. The monoisotopic (exact) mass is 189 g/mol. The quantitative estimate of drug-likeness (QED) is 0.637. The summed E-state index contributed by atoms with van der Waals surface area (Å²) in [5, 5.41) is 3.59.